The first-order valence-corrected chi connectivity index (χ1v) is 9.05. The van der Waals surface area contributed by atoms with E-state index in [1.807, 2.05) is 19.9 Å². The molecule has 0 aliphatic rings. The third-order valence-electron chi connectivity index (χ3n) is 3.91. The first-order valence-electron chi connectivity index (χ1n) is 9.05. The highest BCUT2D eigenvalue weighted by atomic mass is 16.6. The summed E-state index contributed by atoms with van der Waals surface area (Å²) >= 11 is 0. The minimum Gasteiger partial charge on any atom is -0.493 e. The molecule has 0 amide bonds. The van der Waals surface area contributed by atoms with E-state index in [9.17, 15) is 9.59 Å². The van der Waals surface area contributed by atoms with Gasteiger partial charge in [-0.1, -0.05) is 26.0 Å². The fraction of sp³-hybridized carbons (Fsp3) is 0.318. The van der Waals surface area contributed by atoms with Crippen molar-refractivity contribution in [2.75, 3.05) is 7.11 Å². The zero-order valence-corrected chi connectivity index (χ0v) is 16.4. The van der Waals surface area contributed by atoms with Crippen LogP contribution in [0.25, 0.3) is 0 Å². The molecule has 1 aromatic heterocycles. The number of esters is 2. The number of aromatic nitrogens is 1. The first kappa shape index (κ1) is 21.2. The van der Waals surface area contributed by atoms with Gasteiger partial charge < -0.3 is 14.2 Å². The predicted molar refractivity (Wildman–Crippen MR) is 105 cm³/mol. The molecule has 0 fully saturated rings. The van der Waals surface area contributed by atoms with Gasteiger partial charge in [-0.25, -0.2) is 9.59 Å². The minimum atomic E-state index is -1.04. The molecular weight excluding hydrogens is 358 g/mol. The Kier molecular flexibility index (Phi) is 7.75. The van der Waals surface area contributed by atoms with Gasteiger partial charge in [0.25, 0.3) is 0 Å². The molecule has 1 heterocycles. The molecule has 0 spiro atoms. The Morgan fingerprint density at radius 2 is 2.00 bits per heavy atom. The summed E-state index contributed by atoms with van der Waals surface area (Å²) in [6, 6.07) is 8.47. The maximum absolute atomic E-state index is 12.7. The third kappa shape index (κ3) is 5.94. The van der Waals surface area contributed by atoms with Gasteiger partial charge in [-0.15, -0.1) is 6.58 Å². The van der Waals surface area contributed by atoms with E-state index in [2.05, 4.69) is 11.6 Å². The molecule has 2 aromatic rings. The normalized spacial score (nSPS) is 11.6. The number of hydrogen-bond acceptors (Lipinski definition) is 6. The molecule has 6 heteroatoms. The van der Waals surface area contributed by atoms with Crippen LogP contribution < -0.4 is 9.47 Å². The Morgan fingerprint density at radius 1 is 1.21 bits per heavy atom. The molecule has 1 aromatic carbocycles. The Labute approximate surface area is 165 Å². The summed E-state index contributed by atoms with van der Waals surface area (Å²) in [6.07, 6.45) is 4.69. The van der Waals surface area contributed by atoms with Crippen LogP contribution in [0.15, 0.2) is 55.4 Å². The topological polar surface area (TPSA) is 74.7 Å². The van der Waals surface area contributed by atoms with Crippen LogP contribution >= 0.6 is 0 Å². The van der Waals surface area contributed by atoms with Crippen molar-refractivity contribution in [3.63, 3.8) is 0 Å². The SMILES string of the molecule is C=CCc1ccc(OC(=O)C(CC(C)C)OC(=O)c2cccnc2)c(OC)c1. The van der Waals surface area contributed by atoms with Crippen LogP contribution in [0.5, 0.6) is 11.5 Å². The van der Waals surface area contributed by atoms with E-state index in [-0.39, 0.29) is 17.2 Å². The van der Waals surface area contributed by atoms with Crippen LogP contribution in [0.1, 0.15) is 36.2 Å². The summed E-state index contributed by atoms with van der Waals surface area (Å²) < 4.78 is 16.2. The van der Waals surface area contributed by atoms with Gasteiger partial charge in [0.1, 0.15) is 0 Å². The van der Waals surface area contributed by atoms with Crippen molar-refractivity contribution in [1.29, 1.82) is 0 Å². The molecule has 0 N–H and O–H groups in total. The predicted octanol–water partition coefficient (Wildman–Crippen LogP) is 4.00. The number of carbonyl (C=O) groups is 2. The van der Waals surface area contributed by atoms with Gasteiger partial charge in [-0.05, 0) is 48.6 Å². The van der Waals surface area contributed by atoms with Crippen molar-refractivity contribution in [1.82, 2.24) is 4.98 Å². The van der Waals surface area contributed by atoms with Gasteiger partial charge in [-0.2, -0.15) is 0 Å². The highest BCUT2D eigenvalue weighted by molar-refractivity contribution is 5.91. The quantitative estimate of drug-likeness (QED) is 0.370. The number of methoxy groups -OCH3 is 1. The zero-order chi connectivity index (χ0) is 20.5. The highest BCUT2D eigenvalue weighted by Crippen LogP contribution is 2.29. The molecular formula is C22H25NO5. The monoisotopic (exact) mass is 383 g/mol. The number of ether oxygens (including phenoxy) is 3. The smallest absolute Gasteiger partial charge is 0.352 e. The fourth-order valence-corrected chi connectivity index (χ4v) is 2.57. The molecule has 1 unspecified atom stereocenters. The minimum absolute atomic E-state index is 0.121. The molecule has 148 valence electrons. The van der Waals surface area contributed by atoms with Crippen molar-refractivity contribution in [3.8, 4) is 11.5 Å². The average molecular weight is 383 g/mol. The molecule has 0 saturated carbocycles. The molecule has 0 aliphatic heterocycles. The summed E-state index contributed by atoms with van der Waals surface area (Å²) in [6.45, 7) is 7.57. The molecule has 2 rings (SSSR count). The molecule has 28 heavy (non-hydrogen) atoms. The van der Waals surface area contributed by atoms with Crippen LogP contribution in [0.2, 0.25) is 0 Å². The van der Waals surface area contributed by atoms with Gasteiger partial charge in [0.2, 0.25) is 0 Å². The van der Waals surface area contributed by atoms with Crippen molar-refractivity contribution >= 4 is 11.9 Å². The van der Waals surface area contributed by atoms with Gasteiger partial charge >= 0.3 is 11.9 Å². The Bertz CT molecular complexity index is 817. The Hall–Kier alpha value is -3.15. The summed E-state index contributed by atoms with van der Waals surface area (Å²) in [7, 11) is 1.50. The van der Waals surface area contributed by atoms with Crippen LogP contribution in [0.3, 0.4) is 0 Å². The maximum Gasteiger partial charge on any atom is 0.352 e. The van der Waals surface area contributed by atoms with Crippen molar-refractivity contribution < 1.29 is 23.8 Å². The van der Waals surface area contributed by atoms with Gasteiger partial charge in [0.05, 0.1) is 12.7 Å². The summed E-state index contributed by atoms with van der Waals surface area (Å²) in [4.78, 5) is 28.9. The van der Waals surface area contributed by atoms with Crippen LogP contribution in [0.4, 0.5) is 0 Å². The van der Waals surface area contributed by atoms with Crippen LogP contribution in [0, 0.1) is 5.92 Å². The second kappa shape index (κ2) is 10.3. The number of allylic oxidation sites excluding steroid dienone is 1. The number of carbonyl (C=O) groups excluding carboxylic acids is 2. The van der Waals surface area contributed by atoms with E-state index in [0.29, 0.717) is 18.6 Å². The zero-order valence-electron chi connectivity index (χ0n) is 16.4. The van der Waals surface area contributed by atoms with Gasteiger partial charge in [0, 0.05) is 12.4 Å². The van der Waals surface area contributed by atoms with E-state index in [1.165, 1.54) is 13.3 Å². The number of pyridine rings is 1. The average Bonchev–Trinajstić information content (AvgIpc) is 2.69. The van der Waals surface area contributed by atoms with E-state index in [1.54, 1.807) is 36.5 Å². The number of benzene rings is 1. The summed E-state index contributed by atoms with van der Waals surface area (Å²) in [5.74, 6) is -0.457. The molecule has 0 bridgehead atoms. The van der Waals surface area contributed by atoms with E-state index < -0.39 is 18.0 Å². The molecule has 1 atom stereocenters. The second-order valence-corrected chi connectivity index (χ2v) is 6.66. The van der Waals surface area contributed by atoms with Gasteiger partial charge in [0.15, 0.2) is 17.6 Å². The lowest BCUT2D eigenvalue weighted by molar-refractivity contribution is -0.145. The number of hydrogen-bond donors (Lipinski definition) is 0. The van der Waals surface area contributed by atoms with Crippen molar-refractivity contribution in [3.05, 3.63) is 66.5 Å². The standard InChI is InChI=1S/C22H25NO5/c1-5-7-16-9-10-18(19(13-16)26-4)27-22(25)20(12-15(2)3)28-21(24)17-8-6-11-23-14-17/h5-6,8-11,13-15,20H,1,7,12H2,2-4H3. The Balaban J connectivity index is 2.16. The first-order chi connectivity index (χ1) is 13.4. The van der Waals surface area contributed by atoms with E-state index in [0.717, 1.165) is 5.56 Å². The number of rotatable bonds is 9. The molecule has 0 saturated heterocycles. The lowest BCUT2D eigenvalue weighted by Crippen LogP contribution is -2.32. The lowest BCUT2D eigenvalue weighted by Gasteiger charge is -2.19. The van der Waals surface area contributed by atoms with E-state index >= 15 is 0 Å². The Morgan fingerprint density at radius 3 is 2.61 bits per heavy atom. The summed E-state index contributed by atoms with van der Waals surface area (Å²) in [5, 5.41) is 0. The van der Waals surface area contributed by atoms with Crippen LogP contribution in [-0.2, 0) is 16.0 Å². The largest absolute Gasteiger partial charge is 0.493 e. The van der Waals surface area contributed by atoms with Crippen molar-refractivity contribution in [2.24, 2.45) is 5.92 Å². The maximum atomic E-state index is 12.7. The second-order valence-electron chi connectivity index (χ2n) is 6.66. The molecule has 0 radical (unpaired) electrons. The summed E-state index contributed by atoms with van der Waals surface area (Å²) in [5.41, 5.74) is 1.25. The van der Waals surface area contributed by atoms with Crippen molar-refractivity contribution in [2.45, 2.75) is 32.8 Å². The molecule has 6 nitrogen and oxygen atoms in total. The lowest BCUT2D eigenvalue weighted by atomic mass is 10.1. The fourth-order valence-electron chi connectivity index (χ4n) is 2.57. The van der Waals surface area contributed by atoms with Gasteiger partial charge in [-0.3, -0.25) is 4.98 Å². The number of nitrogens with zero attached hydrogens (tertiary/aromatic N) is 1. The highest BCUT2D eigenvalue weighted by Gasteiger charge is 2.27. The molecule has 0 aliphatic carbocycles. The third-order valence-corrected chi connectivity index (χ3v) is 3.91. The van der Waals surface area contributed by atoms with E-state index in [4.69, 9.17) is 14.2 Å². The van der Waals surface area contributed by atoms with Crippen LogP contribution in [-0.4, -0.2) is 30.1 Å².